The molecule has 2 N–H and O–H groups in total. The second-order valence-electron chi connectivity index (χ2n) is 5.35. The lowest BCUT2D eigenvalue weighted by Gasteiger charge is -2.05. The van der Waals surface area contributed by atoms with Gasteiger partial charge in [0.25, 0.3) is 0 Å². The molecule has 24 heavy (non-hydrogen) atoms. The monoisotopic (exact) mass is 313 g/mol. The molecule has 0 amide bonds. The third kappa shape index (κ3) is 4.17. The van der Waals surface area contributed by atoms with Gasteiger partial charge in [0.05, 0.1) is 6.54 Å². The summed E-state index contributed by atoms with van der Waals surface area (Å²) in [5, 5.41) is 0. The molecule has 0 radical (unpaired) electrons. The second-order valence-corrected chi connectivity index (χ2v) is 5.35. The summed E-state index contributed by atoms with van der Waals surface area (Å²) in [4.78, 5) is 9.26. The van der Waals surface area contributed by atoms with E-state index in [-0.39, 0.29) is 0 Å². The summed E-state index contributed by atoms with van der Waals surface area (Å²) in [6.07, 6.45) is 0. The van der Waals surface area contributed by atoms with Crippen LogP contribution in [0.15, 0.2) is 101 Å². The summed E-state index contributed by atoms with van der Waals surface area (Å²) < 4.78 is 0. The molecule has 0 aliphatic rings. The van der Waals surface area contributed by atoms with Crippen molar-refractivity contribution in [1.82, 2.24) is 0 Å². The largest absolute Gasteiger partial charge is 0.383 e. The number of benzene rings is 3. The molecular weight excluding hydrogens is 294 g/mol. The third-order valence-electron chi connectivity index (χ3n) is 3.58. The zero-order valence-electron chi connectivity index (χ0n) is 13.3. The van der Waals surface area contributed by atoms with Crippen LogP contribution in [0.1, 0.15) is 16.7 Å². The Morgan fingerprint density at radius 1 is 0.667 bits per heavy atom. The maximum Gasteiger partial charge on any atom is 0.157 e. The van der Waals surface area contributed by atoms with Gasteiger partial charge in [0.2, 0.25) is 0 Å². The fourth-order valence-electron chi connectivity index (χ4n) is 2.32. The van der Waals surface area contributed by atoms with E-state index in [1.54, 1.807) is 0 Å². The predicted octanol–water partition coefficient (Wildman–Crippen LogP) is 4.04. The molecule has 0 bridgehead atoms. The SMILES string of the molecule is NC(=NC(=NCc1ccccc1)c1ccccc1)c1ccccc1. The van der Waals surface area contributed by atoms with E-state index in [2.05, 4.69) is 22.1 Å². The van der Waals surface area contributed by atoms with Crippen LogP contribution < -0.4 is 5.73 Å². The average Bonchev–Trinajstić information content (AvgIpc) is 2.67. The minimum Gasteiger partial charge on any atom is -0.383 e. The molecule has 0 spiro atoms. The Hall–Kier alpha value is -3.20. The maximum atomic E-state index is 6.17. The van der Waals surface area contributed by atoms with Gasteiger partial charge in [0.15, 0.2) is 5.84 Å². The topological polar surface area (TPSA) is 50.7 Å². The van der Waals surface area contributed by atoms with Gasteiger partial charge >= 0.3 is 0 Å². The molecule has 118 valence electrons. The first-order chi connectivity index (χ1) is 11.8. The van der Waals surface area contributed by atoms with Crippen molar-refractivity contribution in [1.29, 1.82) is 0 Å². The van der Waals surface area contributed by atoms with Crippen molar-refractivity contribution in [3.05, 3.63) is 108 Å². The van der Waals surface area contributed by atoms with Crippen LogP contribution in [0.4, 0.5) is 0 Å². The quantitative estimate of drug-likeness (QED) is 0.573. The Labute approximate surface area is 142 Å². The van der Waals surface area contributed by atoms with Crippen molar-refractivity contribution >= 4 is 11.7 Å². The molecule has 3 heteroatoms. The lowest BCUT2D eigenvalue weighted by Crippen LogP contribution is -2.16. The van der Waals surface area contributed by atoms with Crippen LogP contribution in [-0.4, -0.2) is 11.7 Å². The highest BCUT2D eigenvalue weighted by atomic mass is 15.0. The molecule has 0 fully saturated rings. The number of aliphatic imine (C=N–C) groups is 2. The van der Waals surface area contributed by atoms with Gasteiger partial charge < -0.3 is 5.73 Å². The Morgan fingerprint density at radius 3 is 1.75 bits per heavy atom. The van der Waals surface area contributed by atoms with Crippen molar-refractivity contribution in [2.45, 2.75) is 6.54 Å². The Balaban J connectivity index is 1.94. The standard InChI is InChI=1S/C21H19N3/c22-20(18-12-6-2-7-13-18)24-21(19-14-8-3-9-15-19)23-16-17-10-4-1-5-11-17/h1-15H,16H2,(H2,22,23,24). The number of hydrogen-bond acceptors (Lipinski definition) is 1. The first-order valence-electron chi connectivity index (χ1n) is 7.86. The molecule has 0 unspecified atom stereocenters. The number of hydrogen-bond donors (Lipinski definition) is 1. The van der Waals surface area contributed by atoms with E-state index in [0.717, 1.165) is 16.7 Å². The van der Waals surface area contributed by atoms with E-state index in [9.17, 15) is 0 Å². The smallest absolute Gasteiger partial charge is 0.157 e. The van der Waals surface area contributed by atoms with E-state index in [1.807, 2.05) is 78.9 Å². The Kier molecular flexibility index (Phi) is 5.15. The van der Waals surface area contributed by atoms with Gasteiger partial charge in [-0.3, -0.25) is 4.99 Å². The van der Waals surface area contributed by atoms with Crippen molar-refractivity contribution < 1.29 is 0 Å². The minimum atomic E-state index is 0.464. The molecule has 0 heterocycles. The normalized spacial score (nSPS) is 12.2. The third-order valence-corrected chi connectivity index (χ3v) is 3.58. The zero-order chi connectivity index (χ0) is 16.6. The van der Waals surface area contributed by atoms with Crippen LogP contribution in [0.5, 0.6) is 0 Å². The van der Waals surface area contributed by atoms with Crippen molar-refractivity contribution in [3.8, 4) is 0 Å². The first kappa shape index (κ1) is 15.7. The molecule has 3 nitrogen and oxygen atoms in total. The van der Waals surface area contributed by atoms with Crippen LogP contribution in [0, 0.1) is 0 Å². The molecule has 3 rings (SSSR count). The average molecular weight is 313 g/mol. The van der Waals surface area contributed by atoms with Gasteiger partial charge in [-0.05, 0) is 5.56 Å². The van der Waals surface area contributed by atoms with Crippen molar-refractivity contribution in [3.63, 3.8) is 0 Å². The molecule has 3 aromatic rings. The fourth-order valence-corrected chi connectivity index (χ4v) is 2.32. The number of amidine groups is 2. The van der Waals surface area contributed by atoms with E-state index in [0.29, 0.717) is 18.2 Å². The highest BCUT2D eigenvalue weighted by Crippen LogP contribution is 2.08. The van der Waals surface area contributed by atoms with Crippen LogP contribution in [-0.2, 0) is 6.54 Å². The van der Waals surface area contributed by atoms with Gasteiger partial charge in [-0.15, -0.1) is 0 Å². The molecule has 0 aliphatic heterocycles. The number of rotatable bonds is 4. The highest BCUT2D eigenvalue weighted by Gasteiger charge is 2.04. The van der Waals surface area contributed by atoms with Crippen LogP contribution in [0.25, 0.3) is 0 Å². The molecule has 0 saturated carbocycles. The van der Waals surface area contributed by atoms with E-state index in [4.69, 9.17) is 5.73 Å². The molecular formula is C21H19N3. The van der Waals surface area contributed by atoms with Crippen LogP contribution in [0.3, 0.4) is 0 Å². The summed E-state index contributed by atoms with van der Waals surface area (Å²) in [6, 6.07) is 29.8. The summed E-state index contributed by atoms with van der Waals surface area (Å²) in [6.45, 7) is 0.566. The van der Waals surface area contributed by atoms with Crippen molar-refractivity contribution in [2.24, 2.45) is 15.7 Å². The second kappa shape index (κ2) is 7.88. The number of nitrogens with zero attached hydrogens (tertiary/aromatic N) is 2. The summed E-state index contributed by atoms with van der Waals surface area (Å²) in [5.74, 6) is 1.10. The summed E-state index contributed by atoms with van der Waals surface area (Å²) in [7, 11) is 0. The minimum absolute atomic E-state index is 0.464. The molecule has 0 atom stereocenters. The van der Waals surface area contributed by atoms with Crippen molar-refractivity contribution in [2.75, 3.05) is 0 Å². The van der Waals surface area contributed by atoms with Gasteiger partial charge in [-0.1, -0.05) is 91.0 Å². The Bertz CT molecular complexity index is 823. The van der Waals surface area contributed by atoms with Gasteiger partial charge in [-0.25, -0.2) is 4.99 Å². The maximum absolute atomic E-state index is 6.17. The fraction of sp³-hybridized carbons (Fsp3) is 0.0476. The Morgan fingerprint density at radius 2 is 1.17 bits per heavy atom. The molecule has 0 aromatic heterocycles. The summed E-state index contributed by atoms with van der Waals surface area (Å²) in [5.41, 5.74) is 9.15. The molecule has 0 saturated heterocycles. The van der Waals surface area contributed by atoms with Crippen LogP contribution >= 0.6 is 0 Å². The summed E-state index contributed by atoms with van der Waals surface area (Å²) >= 11 is 0. The molecule has 0 aliphatic carbocycles. The highest BCUT2D eigenvalue weighted by molar-refractivity contribution is 6.10. The van der Waals surface area contributed by atoms with Gasteiger partial charge in [0.1, 0.15) is 5.84 Å². The van der Waals surface area contributed by atoms with Gasteiger partial charge in [-0.2, -0.15) is 0 Å². The first-order valence-corrected chi connectivity index (χ1v) is 7.86. The number of nitrogens with two attached hydrogens (primary N) is 1. The lowest BCUT2D eigenvalue weighted by molar-refractivity contribution is 1.06. The van der Waals surface area contributed by atoms with E-state index in [1.165, 1.54) is 0 Å². The zero-order valence-corrected chi connectivity index (χ0v) is 13.3. The lowest BCUT2D eigenvalue weighted by atomic mass is 10.2. The predicted molar refractivity (Wildman–Crippen MR) is 100 cm³/mol. The van der Waals surface area contributed by atoms with Crippen LogP contribution in [0.2, 0.25) is 0 Å². The van der Waals surface area contributed by atoms with E-state index >= 15 is 0 Å². The van der Waals surface area contributed by atoms with Gasteiger partial charge in [0, 0.05) is 11.1 Å². The van der Waals surface area contributed by atoms with E-state index < -0.39 is 0 Å². The molecule has 3 aromatic carbocycles.